The molecule has 1 saturated heterocycles. The molecule has 2 aliphatic heterocycles. The number of nitrogens with one attached hydrogen (secondary N) is 2. The van der Waals surface area contributed by atoms with E-state index in [1.54, 1.807) is 35.0 Å². The topological polar surface area (TPSA) is 124 Å². The largest absolute Gasteiger partial charge is 0.487 e. The highest BCUT2D eigenvalue weighted by molar-refractivity contribution is 6.00. The Balaban J connectivity index is 1.47. The summed E-state index contributed by atoms with van der Waals surface area (Å²) in [4.78, 5) is 44.9. The molecule has 1 aromatic carbocycles. The van der Waals surface area contributed by atoms with Gasteiger partial charge in [-0.05, 0) is 38.0 Å². The normalized spacial score (nSPS) is 23.0. The van der Waals surface area contributed by atoms with Gasteiger partial charge in [0.1, 0.15) is 11.9 Å². The number of carbonyl (C=O) groups is 3. The Bertz CT molecular complexity index is 1040. The summed E-state index contributed by atoms with van der Waals surface area (Å²) >= 11 is 0. The molecule has 3 aliphatic rings. The predicted molar refractivity (Wildman–Crippen MR) is 156 cm³/mol. The standard InChI is InChI=1S/C30H47N5O6/c1-21-18-35(22(2)20-36)29(38)25-17-24(31-28(37)11-12-34-13-15-40-16-14-34)9-10-26(25)41-27(21)19-33(3)30(39)32-23-7-5-4-6-8-23/h9-10,17,21-23,27,36H,4-8,11-16,18-20H2,1-3H3,(H,31,37)(H,32,39)/t21-,22-,27+/m1/s1. The molecule has 2 heterocycles. The fourth-order valence-electron chi connectivity index (χ4n) is 5.71. The fourth-order valence-corrected chi connectivity index (χ4v) is 5.71. The highest BCUT2D eigenvalue weighted by Gasteiger charge is 2.34. The van der Waals surface area contributed by atoms with Crippen molar-refractivity contribution >= 4 is 23.5 Å². The highest BCUT2D eigenvalue weighted by Crippen LogP contribution is 2.31. The van der Waals surface area contributed by atoms with E-state index in [0.29, 0.717) is 56.3 Å². The van der Waals surface area contributed by atoms with Crippen molar-refractivity contribution in [3.8, 4) is 5.75 Å². The number of aliphatic hydroxyl groups excluding tert-OH is 1. The number of nitrogens with zero attached hydrogens (tertiary/aromatic N) is 3. The summed E-state index contributed by atoms with van der Waals surface area (Å²) < 4.78 is 11.8. The molecule has 0 spiro atoms. The van der Waals surface area contributed by atoms with E-state index in [1.807, 2.05) is 13.8 Å². The van der Waals surface area contributed by atoms with Crippen LogP contribution >= 0.6 is 0 Å². The van der Waals surface area contributed by atoms with E-state index < -0.39 is 6.04 Å². The quantitative estimate of drug-likeness (QED) is 0.415. The van der Waals surface area contributed by atoms with E-state index in [-0.39, 0.29) is 42.5 Å². The first-order valence-corrected chi connectivity index (χ1v) is 15.1. The predicted octanol–water partition coefficient (Wildman–Crippen LogP) is 2.54. The molecule has 0 unspecified atom stereocenters. The number of benzene rings is 1. The third-order valence-electron chi connectivity index (χ3n) is 8.44. The molecule has 0 bridgehead atoms. The van der Waals surface area contributed by atoms with E-state index in [9.17, 15) is 19.5 Å². The SMILES string of the molecule is C[C@@H]1CN([C@H](C)CO)C(=O)c2cc(NC(=O)CCN3CCOCC3)ccc2O[C@H]1CN(C)C(=O)NC1CCCCC1. The number of rotatable bonds is 9. The number of likely N-dealkylation sites (N-methyl/N-ethyl adjacent to an activating group) is 1. The lowest BCUT2D eigenvalue weighted by atomic mass is 9.96. The van der Waals surface area contributed by atoms with E-state index in [0.717, 1.165) is 38.8 Å². The number of ether oxygens (including phenoxy) is 2. The van der Waals surface area contributed by atoms with Crippen molar-refractivity contribution in [3.63, 3.8) is 0 Å². The molecule has 4 rings (SSSR count). The van der Waals surface area contributed by atoms with Crippen LogP contribution in [0.25, 0.3) is 0 Å². The first-order chi connectivity index (χ1) is 19.7. The van der Waals surface area contributed by atoms with Crippen molar-refractivity contribution < 1.29 is 29.0 Å². The van der Waals surface area contributed by atoms with Crippen molar-refractivity contribution in [3.05, 3.63) is 23.8 Å². The van der Waals surface area contributed by atoms with Crippen LogP contribution in [0.1, 0.15) is 62.7 Å². The number of aliphatic hydroxyl groups is 1. The van der Waals surface area contributed by atoms with Crippen LogP contribution in [0.3, 0.4) is 0 Å². The molecule has 0 aromatic heterocycles. The van der Waals surface area contributed by atoms with Gasteiger partial charge >= 0.3 is 6.03 Å². The lowest BCUT2D eigenvalue weighted by Crippen LogP contribution is -2.52. The summed E-state index contributed by atoms with van der Waals surface area (Å²) in [6, 6.07) is 4.77. The van der Waals surface area contributed by atoms with Crippen LogP contribution in [0.2, 0.25) is 0 Å². The maximum atomic E-state index is 13.7. The molecule has 4 amide bonds. The van der Waals surface area contributed by atoms with Gasteiger partial charge in [0.15, 0.2) is 0 Å². The molecule has 41 heavy (non-hydrogen) atoms. The zero-order valence-electron chi connectivity index (χ0n) is 24.8. The van der Waals surface area contributed by atoms with Crippen LogP contribution in [0, 0.1) is 5.92 Å². The molecule has 3 N–H and O–H groups in total. The molecule has 1 saturated carbocycles. The molecule has 0 radical (unpaired) electrons. The van der Waals surface area contributed by atoms with E-state index >= 15 is 0 Å². The third-order valence-corrected chi connectivity index (χ3v) is 8.44. The Morgan fingerprint density at radius 1 is 1.17 bits per heavy atom. The maximum absolute atomic E-state index is 13.7. The smallest absolute Gasteiger partial charge is 0.317 e. The Labute approximate surface area is 243 Å². The lowest BCUT2D eigenvalue weighted by molar-refractivity contribution is -0.116. The van der Waals surface area contributed by atoms with Gasteiger partial charge in [-0.1, -0.05) is 26.2 Å². The second-order valence-corrected chi connectivity index (χ2v) is 11.8. The molecule has 1 aromatic rings. The first-order valence-electron chi connectivity index (χ1n) is 15.1. The van der Waals surface area contributed by atoms with Gasteiger partial charge in [-0.2, -0.15) is 0 Å². The van der Waals surface area contributed by atoms with Crippen LogP contribution in [0.4, 0.5) is 10.5 Å². The van der Waals surface area contributed by atoms with Gasteiger partial charge in [0.25, 0.3) is 5.91 Å². The molecule has 2 fully saturated rings. The zero-order valence-corrected chi connectivity index (χ0v) is 24.8. The second-order valence-electron chi connectivity index (χ2n) is 11.8. The summed E-state index contributed by atoms with van der Waals surface area (Å²) in [5, 5.41) is 16.0. The van der Waals surface area contributed by atoms with E-state index in [2.05, 4.69) is 15.5 Å². The Morgan fingerprint density at radius 3 is 2.61 bits per heavy atom. The summed E-state index contributed by atoms with van der Waals surface area (Å²) in [5.74, 6) is -0.104. The Hall–Kier alpha value is -2.89. The zero-order chi connectivity index (χ0) is 29.4. The van der Waals surface area contributed by atoms with Gasteiger partial charge in [-0.25, -0.2) is 4.79 Å². The maximum Gasteiger partial charge on any atom is 0.317 e. The average molecular weight is 574 g/mol. The van der Waals surface area contributed by atoms with Gasteiger partial charge in [0, 0.05) is 57.3 Å². The van der Waals surface area contributed by atoms with Crippen molar-refractivity contribution in [1.29, 1.82) is 0 Å². The van der Waals surface area contributed by atoms with Gasteiger partial charge in [-0.15, -0.1) is 0 Å². The Morgan fingerprint density at radius 2 is 1.90 bits per heavy atom. The number of hydrogen-bond acceptors (Lipinski definition) is 7. The number of morpholine rings is 1. The second kappa shape index (κ2) is 14.8. The van der Waals surface area contributed by atoms with Gasteiger partial charge < -0.3 is 35.0 Å². The number of carbonyl (C=O) groups excluding carboxylic acids is 3. The van der Waals surface area contributed by atoms with Crippen molar-refractivity contribution in [2.24, 2.45) is 5.92 Å². The summed E-state index contributed by atoms with van der Waals surface area (Å²) in [7, 11) is 1.77. The molecule has 228 valence electrons. The van der Waals surface area contributed by atoms with Crippen LogP contribution in [0.15, 0.2) is 18.2 Å². The number of urea groups is 1. The molecular formula is C30H47N5O6. The average Bonchev–Trinajstić information content (AvgIpc) is 2.98. The van der Waals surface area contributed by atoms with E-state index in [1.165, 1.54) is 6.42 Å². The molecule has 3 atom stereocenters. The van der Waals surface area contributed by atoms with Crippen LogP contribution < -0.4 is 15.4 Å². The molecule has 11 heteroatoms. The monoisotopic (exact) mass is 573 g/mol. The summed E-state index contributed by atoms with van der Waals surface area (Å²) in [5.41, 5.74) is 0.834. The fraction of sp³-hybridized carbons (Fsp3) is 0.700. The van der Waals surface area contributed by atoms with Gasteiger partial charge in [0.2, 0.25) is 5.91 Å². The van der Waals surface area contributed by atoms with Crippen molar-refractivity contribution in [1.82, 2.24) is 20.0 Å². The minimum absolute atomic E-state index is 0.106. The molecule has 11 nitrogen and oxygen atoms in total. The minimum atomic E-state index is -0.407. The first kappa shape index (κ1) is 31.1. The number of amides is 4. The van der Waals surface area contributed by atoms with Crippen LogP contribution in [0.5, 0.6) is 5.75 Å². The van der Waals surface area contributed by atoms with Gasteiger partial charge in [-0.3, -0.25) is 14.5 Å². The van der Waals surface area contributed by atoms with E-state index in [4.69, 9.17) is 9.47 Å². The number of hydrogen-bond donors (Lipinski definition) is 3. The van der Waals surface area contributed by atoms with Crippen LogP contribution in [-0.4, -0.2) is 115 Å². The number of anilines is 1. The number of fused-ring (bicyclic) bond motifs is 1. The summed E-state index contributed by atoms with van der Waals surface area (Å²) in [6.07, 6.45) is 5.46. The summed E-state index contributed by atoms with van der Waals surface area (Å²) in [6.45, 7) is 7.95. The molecular weight excluding hydrogens is 526 g/mol. The van der Waals surface area contributed by atoms with Crippen molar-refractivity contribution in [2.45, 2.75) is 70.6 Å². The highest BCUT2D eigenvalue weighted by atomic mass is 16.5. The lowest BCUT2D eigenvalue weighted by Gasteiger charge is -2.38. The minimum Gasteiger partial charge on any atom is -0.487 e. The van der Waals surface area contributed by atoms with Gasteiger partial charge in [0.05, 0.1) is 38.0 Å². The third kappa shape index (κ3) is 8.56. The Kier molecular flexibility index (Phi) is 11.2. The van der Waals surface area contributed by atoms with Crippen LogP contribution in [-0.2, 0) is 9.53 Å². The molecule has 1 aliphatic carbocycles. The van der Waals surface area contributed by atoms with Crippen molar-refractivity contribution in [2.75, 3.05) is 64.9 Å².